The molecule has 14 heavy (non-hydrogen) atoms. The molecule has 0 amide bonds. The van der Waals surface area contributed by atoms with E-state index in [-0.39, 0.29) is 23.4 Å². The number of nitrogens with two attached hydrogens (primary N) is 1. The molecule has 0 radical (unpaired) electrons. The average molecular weight is 222 g/mol. The highest BCUT2D eigenvalue weighted by Crippen LogP contribution is 2.48. The molecule has 1 aliphatic carbocycles. The Balaban J connectivity index is 0.00000169. The predicted molar refractivity (Wildman–Crippen MR) is 62.8 cm³/mol. The van der Waals surface area contributed by atoms with E-state index in [1.165, 1.54) is 0 Å². The van der Waals surface area contributed by atoms with E-state index < -0.39 is 0 Å². The van der Waals surface area contributed by atoms with Crippen LogP contribution < -0.4 is 5.73 Å². The molecule has 86 valence electrons. The Labute approximate surface area is 94.0 Å². The Morgan fingerprint density at radius 2 is 1.86 bits per heavy atom. The Morgan fingerprint density at radius 3 is 2.14 bits per heavy atom. The van der Waals surface area contributed by atoms with E-state index in [0.29, 0.717) is 12.0 Å². The normalized spacial score (nSPS) is 30.4. The van der Waals surface area contributed by atoms with E-state index in [4.69, 9.17) is 10.5 Å². The molecule has 1 rings (SSSR count). The monoisotopic (exact) mass is 221 g/mol. The van der Waals surface area contributed by atoms with E-state index in [0.717, 1.165) is 13.0 Å². The Hall–Kier alpha value is 0.210. The average Bonchev–Trinajstić information content (AvgIpc) is 1.95. The molecular formula is C11H24ClNO. The zero-order valence-electron chi connectivity index (χ0n) is 9.96. The number of hydrogen-bond acceptors (Lipinski definition) is 2. The van der Waals surface area contributed by atoms with Crippen molar-refractivity contribution in [2.75, 3.05) is 6.54 Å². The quantitative estimate of drug-likeness (QED) is 0.778. The minimum atomic E-state index is -0.0263. The third-order valence-electron chi connectivity index (χ3n) is 3.16. The molecule has 2 atom stereocenters. The van der Waals surface area contributed by atoms with Gasteiger partial charge in [-0.3, -0.25) is 0 Å². The molecule has 1 aliphatic rings. The van der Waals surface area contributed by atoms with Crippen molar-refractivity contribution in [1.82, 2.24) is 0 Å². The summed E-state index contributed by atoms with van der Waals surface area (Å²) in [5.74, 6) is 0.639. The second-order valence-electron chi connectivity index (χ2n) is 5.71. The van der Waals surface area contributed by atoms with Crippen molar-refractivity contribution in [1.29, 1.82) is 0 Å². The fraction of sp³-hybridized carbons (Fsp3) is 1.00. The van der Waals surface area contributed by atoms with Gasteiger partial charge in [-0.2, -0.15) is 0 Å². The van der Waals surface area contributed by atoms with Crippen LogP contribution in [0.1, 0.15) is 41.0 Å². The van der Waals surface area contributed by atoms with Crippen LogP contribution in [0.4, 0.5) is 0 Å². The number of ether oxygens (including phenoxy) is 1. The minimum absolute atomic E-state index is 0. The SMILES string of the molecule is CC(C)(C)O[C@@H]1C[C@H](CN)C1(C)C.Cl. The van der Waals surface area contributed by atoms with Gasteiger partial charge < -0.3 is 10.5 Å². The van der Waals surface area contributed by atoms with Crippen molar-refractivity contribution in [3.63, 3.8) is 0 Å². The van der Waals surface area contributed by atoms with Crippen LogP contribution in [0.2, 0.25) is 0 Å². The van der Waals surface area contributed by atoms with E-state index in [1.807, 2.05) is 0 Å². The van der Waals surface area contributed by atoms with Crippen molar-refractivity contribution in [2.45, 2.75) is 52.7 Å². The summed E-state index contributed by atoms with van der Waals surface area (Å²) in [5, 5.41) is 0. The lowest BCUT2D eigenvalue weighted by molar-refractivity contribution is -0.186. The van der Waals surface area contributed by atoms with Crippen LogP contribution in [-0.4, -0.2) is 18.2 Å². The molecule has 0 aromatic carbocycles. The molecule has 0 saturated heterocycles. The smallest absolute Gasteiger partial charge is 0.0639 e. The fourth-order valence-electron chi connectivity index (χ4n) is 2.00. The topological polar surface area (TPSA) is 35.2 Å². The highest BCUT2D eigenvalue weighted by Gasteiger charge is 2.49. The lowest BCUT2D eigenvalue weighted by Crippen LogP contribution is -2.55. The summed E-state index contributed by atoms with van der Waals surface area (Å²) < 4.78 is 5.97. The van der Waals surface area contributed by atoms with Crippen LogP contribution in [0.5, 0.6) is 0 Å². The summed E-state index contributed by atoms with van der Waals surface area (Å²) in [5.41, 5.74) is 5.92. The fourth-order valence-corrected chi connectivity index (χ4v) is 2.00. The summed E-state index contributed by atoms with van der Waals surface area (Å²) in [4.78, 5) is 0. The largest absolute Gasteiger partial charge is 0.372 e. The molecule has 1 saturated carbocycles. The van der Waals surface area contributed by atoms with Gasteiger partial charge in [0.15, 0.2) is 0 Å². The first-order valence-corrected chi connectivity index (χ1v) is 5.15. The summed E-state index contributed by atoms with van der Waals surface area (Å²) >= 11 is 0. The Kier molecular flexibility index (Phi) is 4.44. The third kappa shape index (κ3) is 2.85. The minimum Gasteiger partial charge on any atom is -0.372 e. The van der Waals surface area contributed by atoms with Gasteiger partial charge in [-0.25, -0.2) is 0 Å². The summed E-state index contributed by atoms with van der Waals surface area (Å²) in [6.07, 6.45) is 1.52. The Bertz CT molecular complexity index is 186. The van der Waals surface area contributed by atoms with Crippen LogP contribution in [-0.2, 0) is 4.74 Å². The van der Waals surface area contributed by atoms with Gasteiger partial charge >= 0.3 is 0 Å². The molecule has 0 bridgehead atoms. The van der Waals surface area contributed by atoms with Crippen LogP contribution >= 0.6 is 12.4 Å². The first-order valence-electron chi connectivity index (χ1n) is 5.15. The molecule has 0 aromatic heterocycles. The van der Waals surface area contributed by atoms with Gasteiger partial charge in [0.25, 0.3) is 0 Å². The van der Waals surface area contributed by atoms with Crippen LogP contribution in [0.15, 0.2) is 0 Å². The van der Waals surface area contributed by atoms with E-state index in [9.17, 15) is 0 Å². The molecule has 2 N–H and O–H groups in total. The van der Waals surface area contributed by atoms with E-state index >= 15 is 0 Å². The van der Waals surface area contributed by atoms with Crippen LogP contribution in [0, 0.1) is 11.3 Å². The van der Waals surface area contributed by atoms with Crippen LogP contribution in [0.25, 0.3) is 0 Å². The molecule has 0 unspecified atom stereocenters. The number of hydrogen-bond donors (Lipinski definition) is 1. The van der Waals surface area contributed by atoms with Gasteiger partial charge in [-0.1, -0.05) is 13.8 Å². The van der Waals surface area contributed by atoms with Gasteiger partial charge in [-0.05, 0) is 45.1 Å². The van der Waals surface area contributed by atoms with Crippen molar-refractivity contribution in [3.8, 4) is 0 Å². The molecule has 0 spiro atoms. The maximum atomic E-state index is 5.97. The molecule has 0 aliphatic heterocycles. The maximum absolute atomic E-state index is 5.97. The van der Waals surface area contributed by atoms with Gasteiger partial charge in [0.2, 0.25) is 0 Å². The van der Waals surface area contributed by atoms with Crippen molar-refractivity contribution < 1.29 is 4.74 Å². The van der Waals surface area contributed by atoms with E-state index in [1.54, 1.807) is 0 Å². The van der Waals surface area contributed by atoms with Crippen molar-refractivity contribution in [3.05, 3.63) is 0 Å². The first kappa shape index (κ1) is 14.2. The number of halogens is 1. The number of rotatable bonds is 2. The molecule has 1 fully saturated rings. The van der Waals surface area contributed by atoms with Crippen molar-refractivity contribution in [2.24, 2.45) is 17.1 Å². The second-order valence-corrected chi connectivity index (χ2v) is 5.71. The zero-order chi connectivity index (χ0) is 10.3. The van der Waals surface area contributed by atoms with Gasteiger partial charge in [0, 0.05) is 0 Å². The molecule has 0 aromatic rings. The third-order valence-corrected chi connectivity index (χ3v) is 3.16. The second kappa shape index (κ2) is 4.38. The van der Waals surface area contributed by atoms with Gasteiger partial charge in [-0.15, -0.1) is 12.4 Å². The summed E-state index contributed by atoms with van der Waals surface area (Å²) in [7, 11) is 0. The lowest BCUT2D eigenvalue weighted by atomic mass is 9.60. The molecule has 3 heteroatoms. The van der Waals surface area contributed by atoms with Gasteiger partial charge in [0.05, 0.1) is 11.7 Å². The highest BCUT2D eigenvalue weighted by atomic mass is 35.5. The highest BCUT2D eigenvalue weighted by molar-refractivity contribution is 5.85. The first-order chi connectivity index (χ1) is 5.77. The zero-order valence-corrected chi connectivity index (χ0v) is 10.8. The van der Waals surface area contributed by atoms with E-state index in [2.05, 4.69) is 34.6 Å². The standard InChI is InChI=1S/C11H23NO.ClH/c1-10(2,3)13-9-6-8(7-12)11(9,4)5;/h8-9H,6-7,12H2,1-5H3;1H/t8-,9-;/m1./s1. The Morgan fingerprint density at radius 1 is 1.36 bits per heavy atom. The van der Waals surface area contributed by atoms with Crippen LogP contribution in [0.3, 0.4) is 0 Å². The molecular weight excluding hydrogens is 198 g/mol. The van der Waals surface area contributed by atoms with Crippen molar-refractivity contribution >= 4 is 12.4 Å². The summed E-state index contributed by atoms with van der Waals surface area (Å²) in [6, 6.07) is 0. The lowest BCUT2D eigenvalue weighted by Gasteiger charge is -2.53. The summed E-state index contributed by atoms with van der Waals surface area (Å²) in [6.45, 7) is 11.6. The van der Waals surface area contributed by atoms with Gasteiger partial charge in [0.1, 0.15) is 0 Å². The predicted octanol–water partition coefficient (Wildman–Crippen LogP) is 2.60. The molecule has 2 nitrogen and oxygen atoms in total. The molecule has 0 heterocycles. The maximum Gasteiger partial charge on any atom is 0.0639 e.